The van der Waals surface area contributed by atoms with Crippen LogP contribution in [0.4, 0.5) is 5.69 Å². The lowest BCUT2D eigenvalue weighted by Crippen LogP contribution is -2.40. The number of carbonyl (C=O) groups is 1. The highest BCUT2D eigenvalue weighted by molar-refractivity contribution is 9.10. The van der Waals surface area contributed by atoms with Crippen LogP contribution in [0.15, 0.2) is 34.8 Å². The average molecular weight is 325 g/mol. The van der Waals surface area contributed by atoms with E-state index in [1.54, 1.807) is 4.90 Å². The molecule has 0 unspecified atom stereocenters. The number of benzene rings is 1. The van der Waals surface area contributed by atoms with E-state index in [0.29, 0.717) is 13.1 Å². The van der Waals surface area contributed by atoms with Gasteiger partial charge in [-0.25, -0.2) is 0 Å². The Labute approximate surface area is 121 Å². The Morgan fingerprint density at radius 1 is 1.58 bits per heavy atom. The van der Waals surface area contributed by atoms with E-state index in [2.05, 4.69) is 27.8 Å². The molecule has 4 nitrogen and oxygen atoms in total. The number of nitrogens with one attached hydrogen (secondary N) is 1. The predicted octanol–water partition coefficient (Wildman–Crippen LogP) is 2.34. The SMILES string of the molecule is C=C(CNCC)CN1C(=O)COc2ccc(Br)cc21. The molecular weight excluding hydrogens is 308 g/mol. The summed E-state index contributed by atoms with van der Waals surface area (Å²) in [5, 5.41) is 3.21. The summed E-state index contributed by atoms with van der Waals surface area (Å²) in [5.41, 5.74) is 1.77. The number of hydrogen-bond donors (Lipinski definition) is 1. The molecule has 2 rings (SSSR count). The Morgan fingerprint density at radius 2 is 2.37 bits per heavy atom. The average Bonchev–Trinajstić information content (AvgIpc) is 2.40. The Morgan fingerprint density at radius 3 is 3.11 bits per heavy atom. The molecule has 1 aromatic rings. The Balaban J connectivity index is 2.18. The van der Waals surface area contributed by atoms with Gasteiger partial charge in [0.05, 0.1) is 5.69 Å². The summed E-state index contributed by atoms with van der Waals surface area (Å²) in [6.07, 6.45) is 0. The summed E-state index contributed by atoms with van der Waals surface area (Å²) in [4.78, 5) is 13.7. The molecule has 1 N–H and O–H groups in total. The molecule has 1 amide bonds. The number of anilines is 1. The third kappa shape index (κ3) is 3.36. The topological polar surface area (TPSA) is 41.6 Å². The zero-order valence-electron chi connectivity index (χ0n) is 10.9. The summed E-state index contributed by atoms with van der Waals surface area (Å²) in [6, 6.07) is 5.67. The minimum atomic E-state index is -0.0387. The van der Waals surface area contributed by atoms with Gasteiger partial charge in [-0.15, -0.1) is 0 Å². The van der Waals surface area contributed by atoms with Gasteiger partial charge in [-0.1, -0.05) is 29.4 Å². The van der Waals surface area contributed by atoms with Crippen molar-refractivity contribution in [3.05, 3.63) is 34.8 Å². The predicted molar refractivity (Wildman–Crippen MR) is 79.7 cm³/mol. The Bertz CT molecular complexity index is 502. The number of fused-ring (bicyclic) bond motifs is 1. The van der Waals surface area contributed by atoms with Crippen LogP contribution in [0.3, 0.4) is 0 Å². The van der Waals surface area contributed by atoms with Crippen LogP contribution < -0.4 is 15.0 Å². The fraction of sp³-hybridized carbons (Fsp3) is 0.357. The van der Waals surface area contributed by atoms with Gasteiger partial charge in [-0.3, -0.25) is 4.79 Å². The molecule has 1 heterocycles. The van der Waals surface area contributed by atoms with Gasteiger partial charge in [-0.05, 0) is 30.3 Å². The molecule has 1 aromatic carbocycles. The van der Waals surface area contributed by atoms with Crippen molar-refractivity contribution < 1.29 is 9.53 Å². The molecule has 19 heavy (non-hydrogen) atoms. The Hall–Kier alpha value is -1.33. The molecule has 0 aromatic heterocycles. The second kappa shape index (κ2) is 6.21. The van der Waals surface area contributed by atoms with Gasteiger partial charge in [0.2, 0.25) is 0 Å². The summed E-state index contributed by atoms with van der Waals surface area (Å²) < 4.78 is 6.35. The lowest BCUT2D eigenvalue weighted by Gasteiger charge is -2.30. The highest BCUT2D eigenvalue weighted by Gasteiger charge is 2.25. The van der Waals surface area contributed by atoms with Gasteiger partial charge < -0.3 is 15.0 Å². The number of carbonyl (C=O) groups excluding carboxylic acids is 1. The van der Waals surface area contributed by atoms with E-state index >= 15 is 0 Å². The molecule has 0 aliphatic carbocycles. The largest absolute Gasteiger partial charge is 0.482 e. The van der Waals surface area contributed by atoms with Crippen molar-refractivity contribution in [2.24, 2.45) is 0 Å². The third-order valence-electron chi connectivity index (χ3n) is 2.87. The van der Waals surface area contributed by atoms with Crippen LogP contribution in [0.5, 0.6) is 5.75 Å². The number of amides is 1. The summed E-state index contributed by atoms with van der Waals surface area (Å²) in [7, 11) is 0. The molecule has 0 saturated carbocycles. The molecule has 102 valence electrons. The van der Waals surface area contributed by atoms with Crippen molar-refractivity contribution in [2.45, 2.75) is 6.92 Å². The van der Waals surface area contributed by atoms with Gasteiger partial charge >= 0.3 is 0 Å². The van der Waals surface area contributed by atoms with Crippen LogP contribution in [0.2, 0.25) is 0 Å². The molecule has 0 bridgehead atoms. The van der Waals surface area contributed by atoms with Crippen LogP contribution in [0.25, 0.3) is 0 Å². The van der Waals surface area contributed by atoms with E-state index in [-0.39, 0.29) is 12.5 Å². The number of hydrogen-bond acceptors (Lipinski definition) is 3. The highest BCUT2D eigenvalue weighted by Crippen LogP contribution is 2.34. The van der Waals surface area contributed by atoms with Crippen molar-refractivity contribution in [3.8, 4) is 5.75 Å². The third-order valence-corrected chi connectivity index (χ3v) is 3.36. The van der Waals surface area contributed by atoms with E-state index < -0.39 is 0 Å². The molecular formula is C14H17BrN2O2. The van der Waals surface area contributed by atoms with Gasteiger partial charge in [0.1, 0.15) is 5.75 Å². The van der Waals surface area contributed by atoms with E-state index in [9.17, 15) is 4.79 Å². The van der Waals surface area contributed by atoms with Gasteiger partial charge in [0.25, 0.3) is 5.91 Å². The first kappa shape index (κ1) is 14.1. The second-order valence-corrected chi connectivity index (χ2v) is 5.33. The minimum Gasteiger partial charge on any atom is -0.482 e. The van der Waals surface area contributed by atoms with Crippen LogP contribution >= 0.6 is 15.9 Å². The number of halogens is 1. The maximum atomic E-state index is 12.0. The first-order valence-corrected chi connectivity index (χ1v) is 7.01. The molecule has 0 atom stereocenters. The monoisotopic (exact) mass is 324 g/mol. The van der Waals surface area contributed by atoms with Crippen molar-refractivity contribution in [1.82, 2.24) is 5.32 Å². The van der Waals surface area contributed by atoms with E-state index in [0.717, 1.165) is 28.0 Å². The maximum Gasteiger partial charge on any atom is 0.265 e. The number of nitrogens with zero attached hydrogens (tertiary/aromatic N) is 1. The molecule has 0 saturated heterocycles. The minimum absolute atomic E-state index is 0.0387. The number of likely N-dealkylation sites (N-methyl/N-ethyl adjacent to an activating group) is 1. The van der Waals surface area contributed by atoms with Crippen LogP contribution in [0.1, 0.15) is 6.92 Å². The molecule has 5 heteroatoms. The normalized spacial score (nSPS) is 14.0. The molecule has 1 aliphatic rings. The number of ether oxygens (including phenoxy) is 1. The molecule has 0 fully saturated rings. The standard InChI is InChI=1S/C14H17BrN2O2/c1-3-16-7-10(2)8-17-12-6-11(15)4-5-13(12)19-9-14(17)18/h4-6,16H,2-3,7-9H2,1H3. The summed E-state index contributed by atoms with van der Waals surface area (Å²) in [6.45, 7) is 8.25. The van der Waals surface area contributed by atoms with Crippen molar-refractivity contribution in [2.75, 3.05) is 31.1 Å². The molecule has 0 spiro atoms. The van der Waals surface area contributed by atoms with E-state index in [4.69, 9.17) is 4.74 Å². The van der Waals surface area contributed by atoms with Gasteiger partial charge in [-0.2, -0.15) is 0 Å². The van der Waals surface area contributed by atoms with E-state index in [1.807, 2.05) is 25.1 Å². The van der Waals surface area contributed by atoms with Crippen molar-refractivity contribution in [1.29, 1.82) is 0 Å². The quantitative estimate of drug-likeness (QED) is 0.845. The number of rotatable bonds is 5. The summed E-state index contributed by atoms with van der Waals surface area (Å²) >= 11 is 3.42. The lowest BCUT2D eigenvalue weighted by molar-refractivity contribution is -0.121. The lowest BCUT2D eigenvalue weighted by atomic mass is 10.2. The smallest absolute Gasteiger partial charge is 0.265 e. The van der Waals surface area contributed by atoms with Gasteiger partial charge in [0, 0.05) is 17.6 Å². The highest BCUT2D eigenvalue weighted by atomic mass is 79.9. The first-order chi connectivity index (χ1) is 9.11. The van der Waals surface area contributed by atoms with E-state index in [1.165, 1.54) is 0 Å². The fourth-order valence-corrected chi connectivity index (χ4v) is 2.28. The van der Waals surface area contributed by atoms with Crippen molar-refractivity contribution >= 4 is 27.5 Å². The van der Waals surface area contributed by atoms with Crippen LogP contribution in [-0.4, -0.2) is 32.1 Å². The van der Waals surface area contributed by atoms with Crippen molar-refractivity contribution in [3.63, 3.8) is 0 Å². The van der Waals surface area contributed by atoms with Gasteiger partial charge in [0.15, 0.2) is 6.61 Å². The zero-order chi connectivity index (χ0) is 13.8. The summed E-state index contributed by atoms with van der Waals surface area (Å²) in [5.74, 6) is 0.697. The second-order valence-electron chi connectivity index (χ2n) is 4.41. The first-order valence-electron chi connectivity index (χ1n) is 6.22. The van der Waals surface area contributed by atoms with Crippen LogP contribution in [-0.2, 0) is 4.79 Å². The van der Waals surface area contributed by atoms with Crippen LogP contribution in [0, 0.1) is 0 Å². The molecule has 0 radical (unpaired) electrons. The zero-order valence-corrected chi connectivity index (χ0v) is 12.5. The molecule has 1 aliphatic heterocycles. The Kier molecular flexibility index (Phi) is 4.61. The maximum absolute atomic E-state index is 12.0. The fourth-order valence-electron chi connectivity index (χ4n) is 1.93.